The van der Waals surface area contributed by atoms with E-state index in [1.807, 2.05) is 18.2 Å². The average Bonchev–Trinajstić information content (AvgIpc) is 3.19. The fourth-order valence-electron chi connectivity index (χ4n) is 2.32. The van der Waals surface area contributed by atoms with Gasteiger partial charge in [-0.3, -0.25) is 4.99 Å². The van der Waals surface area contributed by atoms with Crippen molar-refractivity contribution >= 4 is 41.3 Å². The van der Waals surface area contributed by atoms with Gasteiger partial charge in [-0.05, 0) is 6.42 Å². The maximum atomic E-state index is 5.54. The highest BCUT2D eigenvalue weighted by molar-refractivity contribution is 14.0. The lowest BCUT2D eigenvalue weighted by molar-refractivity contribution is 0.0487. The van der Waals surface area contributed by atoms with Gasteiger partial charge in [0.25, 0.3) is 0 Å². The van der Waals surface area contributed by atoms with Gasteiger partial charge in [0.2, 0.25) is 0 Å². The largest absolute Gasteiger partial charge is 0.379 e. The summed E-state index contributed by atoms with van der Waals surface area (Å²) in [5.41, 5.74) is 2.15. The molecule has 1 aromatic heterocycles. The fourth-order valence-corrected chi connectivity index (χ4v) is 3.07. The van der Waals surface area contributed by atoms with Crippen molar-refractivity contribution in [1.82, 2.24) is 15.6 Å². The number of halogens is 1. The molecular formula is C20H31IN4O2S. The molecule has 0 bridgehead atoms. The maximum absolute atomic E-state index is 5.54. The van der Waals surface area contributed by atoms with Crippen LogP contribution in [-0.4, -0.2) is 51.0 Å². The highest BCUT2D eigenvalue weighted by Crippen LogP contribution is 2.21. The Hall–Kier alpha value is -1.23. The predicted octanol–water partition coefficient (Wildman–Crippen LogP) is 3.93. The van der Waals surface area contributed by atoms with Crippen LogP contribution in [0.25, 0.3) is 11.3 Å². The van der Waals surface area contributed by atoms with E-state index in [1.165, 1.54) is 0 Å². The van der Waals surface area contributed by atoms with Gasteiger partial charge in [0, 0.05) is 31.1 Å². The minimum Gasteiger partial charge on any atom is -0.379 e. The third-order valence-electron chi connectivity index (χ3n) is 3.81. The molecule has 0 saturated heterocycles. The second-order valence-corrected chi connectivity index (χ2v) is 6.87. The van der Waals surface area contributed by atoms with Crippen LogP contribution in [0.3, 0.4) is 0 Å². The number of benzene rings is 1. The Balaban J connectivity index is 0.00000392. The summed E-state index contributed by atoms with van der Waals surface area (Å²) >= 11 is 1.64. The third kappa shape index (κ3) is 9.81. The van der Waals surface area contributed by atoms with Gasteiger partial charge in [0.05, 0.1) is 32.1 Å². The van der Waals surface area contributed by atoms with Crippen molar-refractivity contribution in [2.24, 2.45) is 4.99 Å². The van der Waals surface area contributed by atoms with E-state index in [2.05, 4.69) is 45.0 Å². The number of aromatic nitrogens is 1. The molecule has 1 heterocycles. The van der Waals surface area contributed by atoms with Crippen LogP contribution >= 0.6 is 35.3 Å². The van der Waals surface area contributed by atoms with Crippen molar-refractivity contribution < 1.29 is 9.47 Å². The highest BCUT2D eigenvalue weighted by atomic mass is 127. The lowest BCUT2D eigenvalue weighted by atomic mass is 10.2. The van der Waals surface area contributed by atoms with Crippen molar-refractivity contribution in [1.29, 1.82) is 0 Å². The number of thiazole rings is 1. The molecule has 2 N–H and O–H groups in total. The molecule has 0 radical (unpaired) electrons. The van der Waals surface area contributed by atoms with Crippen LogP contribution in [-0.2, 0) is 16.0 Å². The minimum atomic E-state index is 0. The molecular weight excluding hydrogens is 487 g/mol. The molecule has 8 heteroatoms. The van der Waals surface area contributed by atoms with Crippen LogP contribution in [0.2, 0.25) is 0 Å². The smallest absolute Gasteiger partial charge is 0.191 e. The molecule has 0 spiro atoms. The summed E-state index contributed by atoms with van der Waals surface area (Å²) < 4.78 is 11.0. The maximum Gasteiger partial charge on any atom is 0.191 e. The minimum absolute atomic E-state index is 0. The van der Waals surface area contributed by atoms with Crippen molar-refractivity contribution in [2.75, 3.05) is 40.0 Å². The predicted molar refractivity (Wildman–Crippen MR) is 128 cm³/mol. The molecule has 2 rings (SSSR count). The summed E-state index contributed by atoms with van der Waals surface area (Å²) in [5.74, 6) is 0.745. The Morgan fingerprint density at radius 3 is 2.54 bits per heavy atom. The Morgan fingerprint density at radius 2 is 1.82 bits per heavy atom. The molecule has 0 aliphatic heterocycles. The van der Waals surface area contributed by atoms with Crippen LogP contribution in [0.15, 0.2) is 40.7 Å². The fraction of sp³-hybridized carbons (Fsp3) is 0.500. The normalized spacial score (nSPS) is 11.1. The topological polar surface area (TPSA) is 67.8 Å². The molecule has 0 saturated carbocycles. The van der Waals surface area contributed by atoms with Crippen LogP contribution < -0.4 is 10.6 Å². The van der Waals surface area contributed by atoms with Crippen LogP contribution in [0, 0.1) is 0 Å². The first-order valence-electron chi connectivity index (χ1n) is 9.43. The molecule has 0 aliphatic carbocycles. The lowest BCUT2D eigenvalue weighted by Crippen LogP contribution is -2.38. The number of nitrogens with zero attached hydrogens (tertiary/aromatic N) is 2. The first-order valence-corrected chi connectivity index (χ1v) is 10.3. The number of hydrogen-bond acceptors (Lipinski definition) is 5. The van der Waals surface area contributed by atoms with Crippen molar-refractivity contribution in [3.05, 3.63) is 40.7 Å². The lowest BCUT2D eigenvalue weighted by Gasteiger charge is -2.11. The van der Waals surface area contributed by atoms with Gasteiger partial charge in [-0.1, -0.05) is 43.7 Å². The monoisotopic (exact) mass is 518 g/mol. The van der Waals surface area contributed by atoms with Gasteiger partial charge in [0.1, 0.15) is 5.01 Å². The summed E-state index contributed by atoms with van der Waals surface area (Å²) in [6.45, 7) is 6.21. The van der Waals surface area contributed by atoms with E-state index >= 15 is 0 Å². The second kappa shape index (κ2) is 15.7. The van der Waals surface area contributed by atoms with E-state index in [9.17, 15) is 0 Å². The second-order valence-electron chi connectivity index (χ2n) is 5.92. The molecule has 2 aromatic rings. The van der Waals surface area contributed by atoms with Gasteiger partial charge in [-0.25, -0.2) is 4.98 Å². The third-order valence-corrected chi connectivity index (χ3v) is 4.65. The molecule has 6 nitrogen and oxygen atoms in total. The van der Waals surface area contributed by atoms with Gasteiger partial charge in [-0.2, -0.15) is 0 Å². The number of rotatable bonds is 12. The van der Waals surface area contributed by atoms with E-state index in [0.717, 1.165) is 41.7 Å². The van der Waals surface area contributed by atoms with Crippen LogP contribution in [0.5, 0.6) is 0 Å². The number of ether oxygens (including phenoxy) is 2. The quantitative estimate of drug-likeness (QED) is 0.193. The Morgan fingerprint density at radius 1 is 1.07 bits per heavy atom. The van der Waals surface area contributed by atoms with Crippen molar-refractivity contribution in [3.8, 4) is 11.3 Å². The number of guanidine groups is 1. The Labute approximate surface area is 189 Å². The van der Waals surface area contributed by atoms with Crippen molar-refractivity contribution in [2.45, 2.75) is 26.3 Å². The summed E-state index contributed by atoms with van der Waals surface area (Å²) in [4.78, 5) is 8.90. The van der Waals surface area contributed by atoms with Crippen LogP contribution in [0.4, 0.5) is 0 Å². The first-order chi connectivity index (χ1) is 13.3. The first kappa shape index (κ1) is 24.8. The van der Waals surface area contributed by atoms with E-state index < -0.39 is 0 Å². The van der Waals surface area contributed by atoms with Gasteiger partial charge < -0.3 is 20.1 Å². The number of hydrogen-bond donors (Lipinski definition) is 2. The van der Waals surface area contributed by atoms with Gasteiger partial charge >= 0.3 is 0 Å². The Bertz CT molecular complexity index is 667. The molecule has 28 heavy (non-hydrogen) atoms. The Kier molecular flexibility index (Phi) is 13.9. The molecule has 0 atom stereocenters. The van der Waals surface area contributed by atoms with Gasteiger partial charge in [0.15, 0.2) is 5.96 Å². The molecule has 0 unspecified atom stereocenters. The SMILES string of the molecule is CCCCOCCOCCNC(=NC)NCc1nc(-c2ccccc2)cs1.I. The van der Waals surface area contributed by atoms with Gasteiger partial charge in [-0.15, -0.1) is 35.3 Å². The van der Waals surface area contributed by atoms with E-state index in [1.54, 1.807) is 18.4 Å². The summed E-state index contributed by atoms with van der Waals surface area (Å²) in [6.07, 6.45) is 2.26. The average molecular weight is 518 g/mol. The number of unbranched alkanes of at least 4 members (excludes halogenated alkanes) is 1. The zero-order valence-electron chi connectivity index (χ0n) is 16.6. The molecule has 0 fully saturated rings. The standard InChI is InChI=1S/C20H30N4O2S.HI/c1-3-4-11-25-13-14-26-12-10-22-20(21-2)23-15-19-24-18(16-27-19)17-8-6-5-7-9-17;/h5-9,16H,3-4,10-15H2,1-2H3,(H2,21,22,23);1H. The molecule has 156 valence electrons. The number of aliphatic imine (C=N–C) groups is 1. The molecule has 0 amide bonds. The summed E-state index contributed by atoms with van der Waals surface area (Å²) in [6, 6.07) is 10.2. The van der Waals surface area contributed by atoms with E-state index in [0.29, 0.717) is 32.9 Å². The zero-order valence-corrected chi connectivity index (χ0v) is 19.8. The van der Waals surface area contributed by atoms with E-state index in [4.69, 9.17) is 9.47 Å². The molecule has 0 aliphatic rings. The highest BCUT2D eigenvalue weighted by Gasteiger charge is 2.05. The number of nitrogens with one attached hydrogen (secondary N) is 2. The molecule has 1 aromatic carbocycles. The van der Waals surface area contributed by atoms with Crippen molar-refractivity contribution in [3.63, 3.8) is 0 Å². The van der Waals surface area contributed by atoms with Crippen LogP contribution in [0.1, 0.15) is 24.8 Å². The summed E-state index contributed by atoms with van der Waals surface area (Å²) in [7, 11) is 1.76. The van der Waals surface area contributed by atoms with E-state index in [-0.39, 0.29) is 24.0 Å². The summed E-state index contributed by atoms with van der Waals surface area (Å²) in [5, 5.41) is 9.63. The zero-order chi connectivity index (χ0) is 19.2.